The number of aliphatic hydroxyl groups is 2. The Hall–Kier alpha value is -1.44. The third-order valence-electron chi connectivity index (χ3n) is 4.14. The van der Waals surface area contributed by atoms with Gasteiger partial charge in [0.1, 0.15) is 18.0 Å². The van der Waals surface area contributed by atoms with E-state index in [1.54, 1.807) is 11.0 Å². The summed E-state index contributed by atoms with van der Waals surface area (Å²) in [5, 5.41) is 24.5. The lowest BCUT2D eigenvalue weighted by molar-refractivity contribution is -0.151. The molecule has 2 heterocycles. The van der Waals surface area contributed by atoms with Crippen LogP contribution in [0.4, 0.5) is 0 Å². The van der Waals surface area contributed by atoms with Crippen LogP contribution in [0.25, 0.3) is 0 Å². The third-order valence-corrected chi connectivity index (χ3v) is 4.14. The standard InChI is InChI=1S/C15H24N2O5/c1-8(2)13(12-5-9(3)16-22-12)14(19)17-7-10(18)6-11(17)15(20)21-4/h5,8,10-11,13-14,18-19H,6-7H2,1-4H3/t10-,11+,13?,14?/m1/s1. The van der Waals surface area contributed by atoms with Crippen LogP contribution in [0, 0.1) is 12.8 Å². The van der Waals surface area contributed by atoms with E-state index in [-0.39, 0.29) is 24.8 Å². The maximum Gasteiger partial charge on any atom is 0.323 e. The number of carbonyl (C=O) groups is 1. The van der Waals surface area contributed by atoms with Gasteiger partial charge in [-0.05, 0) is 12.8 Å². The Morgan fingerprint density at radius 2 is 2.23 bits per heavy atom. The van der Waals surface area contributed by atoms with Crippen molar-refractivity contribution in [2.75, 3.05) is 13.7 Å². The van der Waals surface area contributed by atoms with E-state index < -0.39 is 24.3 Å². The van der Waals surface area contributed by atoms with Crippen molar-refractivity contribution in [2.24, 2.45) is 5.92 Å². The summed E-state index contributed by atoms with van der Waals surface area (Å²) in [5.41, 5.74) is 0.735. The highest BCUT2D eigenvalue weighted by atomic mass is 16.5. The molecule has 0 aromatic carbocycles. The molecule has 0 amide bonds. The average molecular weight is 312 g/mol. The quantitative estimate of drug-likeness (QED) is 0.771. The van der Waals surface area contributed by atoms with Crippen LogP contribution in [0.2, 0.25) is 0 Å². The second kappa shape index (κ2) is 6.76. The van der Waals surface area contributed by atoms with Gasteiger partial charge in [-0.25, -0.2) is 0 Å². The number of carbonyl (C=O) groups excluding carboxylic acids is 1. The Balaban J connectivity index is 2.26. The summed E-state index contributed by atoms with van der Waals surface area (Å²) < 4.78 is 10.1. The normalized spacial score (nSPS) is 25.4. The minimum Gasteiger partial charge on any atom is -0.468 e. The first-order chi connectivity index (χ1) is 10.3. The van der Waals surface area contributed by atoms with Gasteiger partial charge in [0.25, 0.3) is 0 Å². The largest absolute Gasteiger partial charge is 0.468 e. The zero-order chi connectivity index (χ0) is 16.4. The average Bonchev–Trinajstić information content (AvgIpc) is 3.04. The first-order valence-electron chi connectivity index (χ1n) is 7.48. The van der Waals surface area contributed by atoms with Crippen molar-refractivity contribution in [3.05, 3.63) is 17.5 Å². The molecule has 0 bridgehead atoms. The molecule has 2 rings (SSSR count). The second-order valence-corrected chi connectivity index (χ2v) is 6.18. The van der Waals surface area contributed by atoms with E-state index in [0.717, 1.165) is 5.69 Å². The van der Waals surface area contributed by atoms with Crippen molar-refractivity contribution < 1.29 is 24.3 Å². The maximum absolute atomic E-state index is 11.9. The van der Waals surface area contributed by atoms with Gasteiger partial charge in [-0.15, -0.1) is 0 Å². The van der Waals surface area contributed by atoms with Crippen molar-refractivity contribution in [3.63, 3.8) is 0 Å². The van der Waals surface area contributed by atoms with Crippen LogP contribution in [0.15, 0.2) is 10.6 Å². The summed E-state index contributed by atoms with van der Waals surface area (Å²) in [6.45, 7) is 5.96. The number of aliphatic hydroxyl groups excluding tert-OH is 2. The lowest BCUT2D eigenvalue weighted by Gasteiger charge is -2.33. The highest BCUT2D eigenvalue weighted by Crippen LogP contribution is 2.34. The minimum absolute atomic E-state index is 0.0680. The number of nitrogens with zero attached hydrogens (tertiary/aromatic N) is 2. The number of hydrogen-bond acceptors (Lipinski definition) is 7. The van der Waals surface area contributed by atoms with Crippen LogP contribution in [0.3, 0.4) is 0 Å². The van der Waals surface area contributed by atoms with E-state index in [4.69, 9.17) is 9.26 Å². The third kappa shape index (κ3) is 3.31. The summed E-state index contributed by atoms with van der Waals surface area (Å²) in [4.78, 5) is 13.5. The van der Waals surface area contributed by atoms with Gasteiger partial charge >= 0.3 is 5.97 Å². The summed E-state index contributed by atoms with van der Waals surface area (Å²) in [6.07, 6.45) is -1.37. The van der Waals surface area contributed by atoms with Crippen molar-refractivity contribution in [3.8, 4) is 0 Å². The Kier molecular flexibility index (Phi) is 5.20. The fraction of sp³-hybridized carbons (Fsp3) is 0.733. The molecule has 7 nitrogen and oxygen atoms in total. The lowest BCUT2D eigenvalue weighted by atomic mass is 9.90. The number of likely N-dealkylation sites (tertiary alicyclic amines) is 1. The van der Waals surface area contributed by atoms with Crippen LogP contribution < -0.4 is 0 Å². The number of aromatic nitrogens is 1. The predicted octanol–water partition coefficient (Wildman–Crippen LogP) is 0.649. The zero-order valence-corrected chi connectivity index (χ0v) is 13.4. The Morgan fingerprint density at radius 3 is 2.73 bits per heavy atom. The van der Waals surface area contributed by atoms with Crippen LogP contribution in [0.5, 0.6) is 0 Å². The summed E-state index contributed by atoms with van der Waals surface area (Å²) in [6, 6.07) is 1.13. The highest BCUT2D eigenvalue weighted by molar-refractivity contribution is 5.76. The molecule has 124 valence electrons. The second-order valence-electron chi connectivity index (χ2n) is 6.18. The van der Waals surface area contributed by atoms with E-state index in [0.29, 0.717) is 5.76 Å². The molecule has 4 atom stereocenters. The monoisotopic (exact) mass is 312 g/mol. The van der Waals surface area contributed by atoms with Crippen molar-refractivity contribution in [1.82, 2.24) is 10.1 Å². The molecule has 7 heteroatoms. The first-order valence-corrected chi connectivity index (χ1v) is 7.48. The molecule has 1 saturated heterocycles. The van der Waals surface area contributed by atoms with E-state index in [1.165, 1.54) is 7.11 Å². The first kappa shape index (κ1) is 16.9. The number of esters is 1. The molecule has 0 aliphatic carbocycles. The SMILES string of the molecule is COC(=O)[C@@H]1C[C@@H](O)CN1C(O)C(c1cc(C)no1)C(C)C. The zero-order valence-electron chi connectivity index (χ0n) is 13.4. The topological polar surface area (TPSA) is 96.0 Å². The minimum atomic E-state index is -0.964. The fourth-order valence-electron chi connectivity index (χ4n) is 3.06. The van der Waals surface area contributed by atoms with E-state index >= 15 is 0 Å². The molecule has 22 heavy (non-hydrogen) atoms. The van der Waals surface area contributed by atoms with Gasteiger partial charge in [0.15, 0.2) is 0 Å². The number of hydrogen-bond donors (Lipinski definition) is 2. The molecule has 0 radical (unpaired) electrons. The predicted molar refractivity (Wildman–Crippen MR) is 78.0 cm³/mol. The van der Waals surface area contributed by atoms with Crippen LogP contribution in [-0.2, 0) is 9.53 Å². The molecule has 0 spiro atoms. The van der Waals surface area contributed by atoms with Gasteiger partial charge in [-0.2, -0.15) is 0 Å². The van der Waals surface area contributed by atoms with Crippen molar-refractivity contribution in [2.45, 2.75) is 51.5 Å². The molecular formula is C15H24N2O5. The smallest absolute Gasteiger partial charge is 0.323 e. The number of aryl methyl sites for hydroxylation is 1. The summed E-state index contributed by atoms with van der Waals surface area (Å²) in [7, 11) is 1.30. The molecular weight excluding hydrogens is 288 g/mol. The molecule has 1 aromatic rings. The maximum atomic E-state index is 11.9. The molecule has 2 N–H and O–H groups in total. The lowest BCUT2D eigenvalue weighted by Crippen LogP contribution is -2.47. The van der Waals surface area contributed by atoms with Gasteiger partial charge in [-0.1, -0.05) is 19.0 Å². The Bertz CT molecular complexity index is 516. The molecule has 1 aliphatic heterocycles. The van der Waals surface area contributed by atoms with Crippen molar-refractivity contribution >= 4 is 5.97 Å². The van der Waals surface area contributed by atoms with Crippen molar-refractivity contribution in [1.29, 1.82) is 0 Å². The Labute approximate surface area is 129 Å². The Morgan fingerprint density at radius 1 is 1.55 bits per heavy atom. The number of methoxy groups -OCH3 is 1. The summed E-state index contributed by atoms with van der Waals surface area (Å²) >= 11 is 0. The van der Waals surface area contributed by atoms with Gasteiger partial charge in [0, 0.05) is 19.0 Å². The molecule has 1 aliphatic rings. The van der Waals surface area contributed by atoms with E-state index in [1.807, 2.05) is 20.8 Å². The highest BCUT2D eigenvalue weighted by Gasteiger charge is 2.44. The van der Waals surface area contributed by atoms with Crippen LogP contribution in [-0.4, -0.2) is 58.3 Å². The number of rotatable bonds is 5. The van der Waals surface area contributed by atoms with Crippen LogP contribution in [0.1, 0.15) is 37.6 Å². The molecule has 2 unspecified atom stereocenters. The van der Waals surface area contributed by atoms with E-state index in [9.17, 15) is 15.0 Å². The van der Waals surface area contributed by atoms with Gasteiger partial charge in [-0.3, -0.25) is 9.69 Å². The number of β-amino-alcohol motifs (C(OH)–C–C–N with tert-alkyl or cyclic N) is 1. The van der Waals surface area contributed by atoms with Crippen LogP contribution >= 0.6 is 0 Å². The number of ether oxygens (including phenoxy) is 1. The molecule has 1 aromatic heterocycles. The molecule has 0 saturated carbocycles. The molecule has 1 fully saturated rings. The summed E-state index contributed by atoms with van der Waals surface area (Å²) in [5.74, 6) is -0.158. The van der Waals surface area contributed by atoms with Gasteiger partial charge < -0.3 is 19.5 Å². The van der Waals surface area contributed by atoms with Gasteiger partial charge in [0.2, 0.25) is 0 Å². The van der Waals surface area contributed by atoms with Gasteiger partial charge in [0.05, 0.1) is 24.8 Å². The van der Waals surface area contributed by atoms with E-state index in [2.05, 4.69) is 5.16 Å². The fourth-order valence-corrected chi connectivity index (χ4v) is 3.06.